The lowest BCUT2D eigenvalue weighted by Crippen LogP contribution is -2.20. The van der Waals surface area contributed by atoms with E-state index in [2.05, 4.69) is 0 Å². The first-order chi connectivity index (χ1) is 14.8. The van der Waals surface area contributed by atoms with E-state index in [-0.39, 0.29) is 4.90 Å². The van der Waals surface area contributed by atoms with Crippen LogP contribution in [0, 0.1) is 0 Å². The Balaban J connectivity index is 1.73. The maximum Gasteiger partial charge on any atom is 0.416 e. The smallest absolute Gasteiger partial charge is 0.223 e. The van der Waals surface area contributed by atoms with E-state index in [0.717, 1.165) is 57.3 Å². The number of halogens is 3. The largest absolute Gasteiger partial charge is 0.416 e. The summed E-state index contributed by atoms with van der Waals surface area (Å²) >= 11 is 0. The third-order valence-electron chi connectivity index (χ3n) is 6.16. The van der Waals surface area contributed by atoms with Crippen LogP contribution in [0.1, 0.15) is 34.8 Å². The van der Waals surface area contributed by atoms with Gasteiger partial charge in [-0.25, -0.2) is 8.42 Å². The van der Waals surface area contributed by atoms with E-state index in [1.807, 2.05) is 48.5 Å². The lowest BCUT2D eigenvalue weighted by atomic mass is 9.86. The third kappa shape index (κ3) is 3.30. The number of sulfone groups is 1. The molecule has 4 aromatic rings. The monoisotopic (exact) mass is 440 g/mol. The molecule has 0 bridgehead atoms. The third-order valence-corrected chi connectivity index (χ3v) is 8.29. The fourth-order valence-electron chi connectivity index (χ4n) is 4.70. The van der Waals surface area contributed by atoms with Crippen LogP contribution in [-0.4, -0.2) is 8.42 Å². The first-order valence-electron chi connectivity index (χ1n) is 10.1. The average Bonchev–Trinajstić information content (AvgIpc) is 2.77. The zero-order valence-corrected chi connectivity index (χ0v) is 17.3. The summed E-state index contributed by atoms with van der Waals surface area (Å²) in [7, 11) is -4.00. The number of hydrogen-bond acceptors (Lipinski definition) is 2. The van der Waals surface area contributed by atoms with Crippen molar-refractivity contribution in [1.82, 2.24) is 0 Å². The molecular formula is C25H19F3O2S. The highest BCUT2D eigenvalue weighted by atomic mass is 32.2. The molecule has 0 saturated heterocycles. The molecule has 1 unspecified atom stereocenters. The summed E-state index contributed by atoms with van der Waals surface area (Å²) in [6.07, 6.45) is -2.78. The Kier molecular flexibility index (Phi) is 4.59. The van der Waals surface area contributed by atoms with E-state index in [9.17, 15) is 21.6 Å². The number of alkyl halides is 3. The summed E-state index contributed by atoms with van der Waals surface area (Å²) in [5.41, 5.74) is 0.731. The van der Waals surface area contributed by atoms with Crippen molar-refractivity contribution in [2.45, 2.75) is 35.6 Å². The van der Waals surface area contributed by atoms with Crippen molar-refractivity contribution in [2.24, 2.45) is 0 Å². The van der Waals surface area contributed by atoms with Crippen molar-refractivity contribution in [3.63, 3.8) is 0 Å². The van der Waals surface area contributed by atoms with Gasteiger partial charge in [-0.05, 0) is 70.1 Å². The molecule has 5 rings (SSSR count). The highest BCUT2D eigenvalue weighted by Gasteiger charge is 2.37. The standard InChI is InChI=1S/C25H19F3O2S/c26-25(27,28)18-7-4-8-19(15-18)31(29,30)23-10-3-6-17-12-13-21-20-9-2-1-5-16(20)11-14-22(21)24(17)23/h1-2,4-5,7-9,11-15,23H,3,6,10H2. The second kappa shape index (κ2) is 7.09. The molecule has 0 spiro atoms. The lowest BCUT2D eigenvalue weighted by molar-refractivity contribution is -0.137. The van der Waals surface area contributed by atoms with Gasteiger partial charge in [0.25, 0.3) is 0 Å². The van der Waals surface area contributed by atoms with Crippen LogP contribution in [0.2, 0.25) is 0 Å². The van der Waals surface area contributed by atoms with Gasteiger partial charge >= 0.3 is 6.18 Å². The van der Waals surface area contributed by atoms with Crippen molar-refractivity contribution >= 4 is 31.4 Å². The van der Waals surface area contributed by atoms with Crippen LogP contribution in [0.4, 0.5) is 13.2 Å². The fraction of sp³-hybridized carbons (Fsp3) is 0.200. The summed E-state index contributed by atoms with van der Waals surface area (Å²) < 4.78 is 66.7. The van der Waals surface area contributed by atoms with Gasteiger partial charge in [-0.15, -0.1) is 0 Å². The van der Waals surface area contributed by atoms with Gasteiger partial charge in [-0.2, -0.15) is 13.2 Å². The molecule has 0 saturated carbocycles. The molecule has 1 aliphatic carbocycles. The molecule has 6 heteroatoms. The van der Waals surface area contributed by atoms with E-state index >= 15 is 0 Å². The van der Waals surface area contributed by atoms with E-state index in [0.29, 0.717) is 12.8 Å². The number of aryl methyl sites for hydroxylation is 1. The summed E-state index contributed by atoms with van der Waals surface area (Å²) in [4.78, 5) is -0.280. The van der Waals surface area contributed by atoms with Crippen LogP contribution in [0.5, 0.6) is 0 Å². The van der Waals surface area contributed by atoms with Crippen LogP contribution in [0.15, 0.2) is 77.7 Å². The molecule has 31 heavy (non-hydrogen) atoms. The molecule has 2 nitrogen and oxygen atoms in total. The highest BCUT2D eigenvalue weighted by molar-refractivity contribution is 7.91. The van der Waals surface area contributed by atoms with Crippen LogP contribution in [-0.2, 0) is 22.4 Å². The molecule has 0 aliphatic heterocycles. The number of rotatable bonds is 2. The summed E-state index contributed by atoms with van der Waals surface area (Å²) in [6, 6.07) is 19.9. The zero-order chi connectivity index (χ0) is 21.8. The molecule has 1 aliphatic rings. The SMILES string of the molecule is O=S(=O)(c1cccc(C(F)(F)F)c1)C1CCCc2ccc3c(ccc4ccccc43)c21. The van der Waals surface area contributed by atoms with Gasteiger partial charge in [0.15, 0.2) is 9.84 Å². The maximum absolute atomic E-state index is 13.6. The topological polar surface area (TPSA) is 34.1 Å². The van der Waals surface area contributed by atoms with Gasteiger partial charge < -0.3 is 0 Å². The van der Waals surface area contributed by atoms with E-state index < -0.39 is 26.8 Å². The van der Waals surface area contributed by atoms with Gasteiger partial charge in [-0.1, -0.05) is 54.6 Å². The van der Waals surface area contributed by atoms with Gasteiger partial charge in [-0.3, -0.25) is 0 Å². The van der Waals surface area contributed by atoms with E-state index in [4.69, 9.17) is 0 Å². The molecule has 0 amide bonds. The molecule has 158 valence electrons. The molecule has 0 radical (unpaired) electrons. The van der Waals surface area contributed by atoms with Crippen molar-refractivity contribution < 1.29 is 21.6 Å². The minimum absolute atomic E-state index is 0.280. The van der Waals surface area contributed by atoms with Crippen molar-refractivity contribution in [3.05, 3.63) is 89.5 Å². The first-order valence-corrected chi connectivity index (χ1v) is 11.7. The zero-order valence-electron chi connectivity index (χ0n) is 16.5. The predicted octanol–water partition coefficient (Wildman–Crippen LogP) is 6.86. The Labute approximate surface area is 178 Å². The molecule has 1 atom stereocenters. The van der Waals surface area contributed by atoms with Crippen LogP contribution in [0.25, 0.3) is 21.5 Å². The lowest BCUT2D eigenvalue weighted by Gasteiger charge is -2.27. The van der Waals surface area contributed by atoms with Crippen molar-refractivity contribution in [2.75, 3.05) is 0 Å². The second-order valence-electron chi connectivity index (χ2n) is 7.97. The Morgan fingerprint density at radius 1 is 0.806 bits per heavy atom. The first kappa shape index (κ1) is 20.1. The van der Waals surface area contributed by atoms with Gasteiger partial charge in [0.1, 0.15) is 0 Å². The van der Waals surface area contributed by atoms with Gasteiger partial charge in [0, 0.05) is 0 Å². The summed E-state index contributed by atoms with van der Waals surface area (Å²) in [6.45, 7) is 0. The van der Waals surface area contributed by atoms with Crippen molar-refractivity contribution in [3.8, 4) is 0 Å². The number of fused-ring (bicyclic) bond motifs is 5. The minimum Gasteiger partial charge on any atom is -0.223 e. The maximum atomic E-state index is 13.6. The van der Waals surface area contributed by atoms with Crippen molar-refractivity contribution in [1.29, 1.82) is 0 Å². The Hall–Kier alpha value is -2.86. The normalized spacial score (nSPS) is 17.1. The Morgan fingerprint density at radius 3 is 2.39 bits per heavy atom. The quantitative estimate of drug-likeness (QED) is 0.319. The second-order valence-corrected chi connectivity index (χ2v) is 10.1. The number of benzene rings is 4. The molecular weight excluding hydrogens is 421 g/mol. The highest BCUT2D eigenvalue weighted by Crippen LogP contribution is 2.44. The summed E-state index contributed by atoms with van der Waals surface area (Å²) in [5, 5.41) is 3.04. The van der Waals surface area contributed by atoms with Gasteiger partial charge in [0.05, 0.1) is 15.7 Å². The molecule has 0 fully saturated rings. The van der Waals surface area contributed by atoms with E-state index in [1.54, 1.807) is 0 Å². The fourth-order valence-corrected chi connectivity index (χ4v) is 6.65. The average molecular weight is 440 g/mol. The molecule has 0 heterocycles. The predicted molar refractivity (Wildman–Crippen MR) is 116 cm³/mol. The van der Waals surface area contributed by atoms with Crippen LogP contribution >= 0.6 is 0 Å². The number of hydrogen-bond donors (Lipinski definition) is 0. The van der Waals surface area contributed by atoms with Crippen LogP contribution < -0.4 is 0 Å². The molecule has 0 aromatic heterocycles. The Morgan fingerprint density at radius 2 is 1.58 bits per heavy atom. The van der Waals surface area contributed by atoms with Gasteiger partial charge in [0.2, 0.25) is 0 Å². The minimum atomic E-state index is -4.60. The van der Waals surface area contributed by atoms with E-state index in [1.165, 1.54) is 6.07 Å². The Bertz CT molecular complexity index is 1420. The summed E-state index contributed by atoms with van der Waals surface area (Å²) in [5.74, 6) is 0. The molecule has 0 N–H and O–H groups in total. The molecule has 4 aromatic carbocycles. The van der Waals surface area contributed by atoms with Crippen LogP contribution in [0.3, 0.4) is 0 Å².